The van der Waals surface area contributed by atoms with Gasteiger partial charge in [0.25, 0.3) is 5.91 Å². The summed E-state index contributed by atoms with van der Waals surface area (Å²) in [6.07, 6.45) is 1.35. The highest BCUT2D eigenvalue weighted by atomic mass is 19.2. The van der Waals surface area contributed by atoms with Crippen molar-refractivity contribution in [2.75, 3.05) is 18.7 Å². The number of carbonyl (C=O) groups is 1. The fraction of sp³-hybridized carbons (Fsp3) is 0.200. The van der Waals surface area contributed by atoms with Crippen LogP contribution in [0.5, 0.6) is 11.5 Å². The van der Waals surface area contributed by atoms with E-state index in [1.807, 2.05) is 0 Å². The topological polar surface area (TPSA) is 51.1 Å². The molecule has 3 rings (SSSR count). The number of anilines is 1. The largest absolute Gasteiger partial charge is 0.493 e. The standard InChI is InChI=1S/C20H15F5N2O3/c1-4-30-12-6-5-10(8-13(12)29-3)7-11-9(2)26-27(20(11)28)19-17(24)15(22)14(21)16(23)18(19)25/h5-8H,4H2,1-3H3/b11-7+. The number of rotatable bonds is 5. The minimum absolute atomic E-state index is 0.0248. The van der Waals surface area contributed by atoms with Crippen LogP contribution in [0.1, 0.15) is 19.4 Å². The van der Waals surface area contributed by atoms with Crippen LogP contribution in [0, 0.1) is 29.1 Å². The van der Waals surface area contributed by atoms with Crippen molar-refractivity contribution in [3.63, 3.8) is 0 Å². The quantitative estimate of drug-likeness (QED) is 0.304. The second-order valence-electron chi connectivity index (χ2n) is 6.12. The maximum absolute atomic E-state index is 14.1. The van der Waals surface area contributed by atoms with Gasteiger partial charge in [-0.2, -0.15) is 10.1 Å². The fourth-order valence-corrected chi connectivity index (χ4v) is 2.83. The molecule has 5 nitrogen and oxygen atoms in total. The monoisotopic (exact) mass is 426 g/mol. The van der Waals surface area contributed by atoms with Gasteiger partial charge in [0.2, 0.25) is 5.82 Å². The van der Waals surface area contributed by atoms with Gasteiger partial charge >= 0.3 is 0 Å². The minimum atomic E-state index is -2.32. The van der Waals surface area contributed by atoms with E-state index in [0.29, 0.717) is 23.7 Å². The molecule has 1 aliphatic rings. The van der Waals surface area contributed by atoms with Gasteiger partial charge in [0.15, 0.2) is 34.8 Å². The molecule has 1 amide bonds. The first-order valence-corrected chi connectivity index (χ1v) is 8.65. The number of benzene rings is 2. The highest BCUT2D eigenvalue weighted by Gasteiger charge is 2.37. The molecule has 10 heteroatoms. The third kappa shape index (κ3) is 3.49. The lowest BCUT2D eigenvalue weighted by Crippen LogP contribution is -2.25. The molecule has 0 saturated heterocycles. The molecule has 1 aliphatic heterocycles. The highest BCUT2D eigenvalue weighted by molar-refractivity contribution is 6.32. The Hall–Kier alpha value is -3.43. The summed E-state index contributed by atoms with van der Waals surface area (Å²) in [7, 11) is 1.42. The molecule has 30 heavy (non-hydrogen) atoms. The second kappa shape index (κ2) is 8.13. The summed E-state index contributed by atoms with van der Waals surface area (Å²) in [6.45, 7) is 3.56. The van der Waals surface area contributed by atoms with E-state index < -0.39 is 40.7 Å². The Kier molecular flexibility index (Phi) is 5.77. The Morgan fingerprint density at radius 1 is 1.00 bits per heavy atom. The summed E-state index contributed by atoms with van der Waals surface area (Å²) < 4.78 is 79.1. The predicted molar refractivity (Wildman–Crippen MR) is 99.0 cm³/mol. The first-order valence-electron chi connectivity index (χ1n) is 8.65. The molecule has 0 fully saturated rings. The van der Waals surface area contributed by atoms with Gasteiger partial charge in [-0.1, -0.05) is 6.07 Å². The fourth-order valence-electron chi connectivity index (χ4n) is 2.83. The molecular weight excluding hydrogens is 411 g/mol. The minimum Gasteiger partial charge on any atom is -0.493 e. The van der Waals surface area contributed by atoms with Crippen LogP contribution in [-0.4, -0.2) is 25.3 Å². The van der Waals surface area contributed by atoms with Gasteiger partial charge in [0.05, 0.1) is 25.0 Å². The number of hydrogen-bond donors (Lipinski definition) is 0. The molecule has 158 valence electrons. The number of hydrogen-bond acceptors (Lipinski definition) is 4. The van der Waals surface area contributed by atoms with E-state index in [-0.39, 0.29) is 16.3 Å². The van der Waals surface area contributed by atoms with Crippen LogP contribution in [0.25, 0.3) is 6.08 Å². The van der Waals surface area contributed by atoms with E-state index in [4.69, 9.17) is 9.47 Å². The summed E-state index contributed by atoms with van der Waals surface area (Å²) in [5.41, 5.74) is -1.04. The van der Waals surface area contributed by atoms with Crippen LogP contribution in [0.15, 0.2) is 28.9 Å². The first kappa shape index (κ1) is 21.3. The average molecular weight is 426 g/mol. The summed E-state index contributed by atoms with van der Waals surface area (Å²) in [4.78, 5) is 12.7. The van der Waals surface area contributed by atoms with Crippen molar-refractivity contribution < 1.29 is 36.2 Å². The van der Waals surface area contributed by atoms with Gasteiger partial charge < -0.3 is 9.47 Å². The zero-order chi connectivity index (χ0) is 22.2. The van der Waals surface area contributed by atoms with E-state index in [1.165, 1.54) is 20.1 Å². The molecule has 0 atom stereocenters. The SMILES string of the molecule is CCOc1ccc(/C=C2/C(=O)N(c3c(F)c(F)c(F)c(F)c3F)N=C2C)cc1OC. The summed E-state index contributed by atoms with van der Waals surface area (Å²) in [5, 5.41) is 3.84. The lowest BCUT2D eigenvalue weighted by atomic mass is 10.1. The van der Waals surface area contributed by atoms with Gasteiger partial charge in [0, 0.05) is 0 Å². The Labute approximate surface area is 168 Å². The smallest absolute Gasteiger partial charge is 0.280 e. The number of ether oxygens (including phenoxy) is 2. The van der Waals surface area contributed by atoms with Crippen molar-refractivity contribution in [1.82, 2.24) is 0 Å². The van der Waals surface area contributed by atoms with Crippen molar-refractivity contribution in [1.29, 1.82) is 0 Å². The zero-order valence-electron chi connectivity index (χ0n) is 16.0. The molecule has 0 bridgehead atoms. The summed E-state index contributed by atoms with van der Waals surface area (Å²) in [5.74, 6) is -11.2. The van der Waals surface area contributed by atoms with Crippen LogP contribution >= 0.6 is 0 Å². The molecule has 1 heterocycles. The normalized spacial score (nSPS) is 15.1. The van der Waals surface area contributed by atoms with E-state index >= 15 is 0 Å². The predicted octanol–water partition coefficient (Wildman–Crippen LogP) is 4.60. The van der Waals surface area contributed by atoms with Gasteiger partial charge in [-0.05, 0) is 37.6 Å². The van der Waals surface area contributed by atoms with Crippen LogP contribution < -0.4 is 14.5 Å². The third-order valence-electron chi connectivity index (χ3n) is 4.26. The lowest BCUT2D eigenvalue weighted by Gasteiger charge is -2.15. The van der Waals surface area contributed by atoms with Gasteiger partial charge in [0.1, 0.15) is 5.69 Å². The molecular formula is C20H15F5N2O3. The molecule has 0 saturated carbocycles. The summed E-state index contributed by atoms with van der Waals surface area (Å²) >= 11 is 0. The number of carbonyl (C=O) groups excluding carboxylic acids is 1. The number of hydrazone groups is 1. The molecule has 0 spiro atoms. The van der Waals surface area contributed by atoms with Crippen LogP contribution in [0.3, 0.4) is 0 Å². The lowest BCUT2D eigenvalue weighted by molar-refractivity contribution is -0.114. The first-order chi connectivity index (χ1) is 14.2. The molecule has 2 aromatic carbocycles. The van der Waals surface area contributed by atoms with E-state index in [1.54, 1.807) is 25.1 Å². The third-order valence-corrected chi connectivity index (χ3v) is 4.26. The Morgan fingerprint density at radius 3 is 2.17 bits per heavy atom. The van der Waals surface area contributed by atoms with Crippen LogP contribution in [0.2, 0.25) is 0 Å². The highest BCUT2D eigenvalue weighted by Crippen LogP contribution is 2.34. The van der Waals surface area contributed by atoms with Gasteiger partial charge in [-0.25, -0.2) is 22.0 Å². The number of halogens is 5. The Morgan fingerprint density at radius 2 is 1.60 bits per heavy atom. The Bertz CT molecular complexity index is 1070. The number of methoxy groups -OCH3 is 1. The molecule has 0 aliphatic carbocycles. The Balaban J connectivity index is 2.04. The van der Waals surface area contributed by atoms with Crippen LogP contribution in [0.4, 0.5) is 27.6 Å². The van der Waals surface area contributed by atoms with Gasteiger partial charge in [-0.3, -0.25) is 4.79 Å². The molecule has 2 aromatic rings. The molecule has 0 radical (unpaired) electrons. The van der Waals surface area contributed by atoms with Crippen molar-refractivity contribution in [2.24, 2.45) is 5.10 Å². The molecule has 0 N–H and O–H groups in total. The van der Waals surface area contributed by atoms with E-state index in [9.17, 15) is 26.7 Å². The maximum atomic E-state index is 14.1. The average Bonchev–Trinajstić information content (AvgIpc) is 3.00. The maximum Gasteiger partial charge on any atom is 0.280 e. The van der Waals surface area contributed by atoms with E-state index in [0.717, 1.165) is 0 Å². The van der Waals surface area contributed by atoms with Crippen molar-refractivity contribution in [3.8, 4) is 11.5 Å². The molecule has 0 unspecified atom stereocenters. The summed E-state index contributed by atoms with van der Waals surface area (Å²) in [6, 6.07) is 4.75. The molecule has 0 aromatic heterocycles. The van der Waals surface area contributed by atoms with Crippen molar-refractivity contribution in [3.05, 3.63) is 58.4 Å². The van der Waals surface area contributed by atoms with Gasteiger partial charge in [-0.15, -0.1) is 0 Å². The number of amides is 1. The number of nitrogens with zero attached hydrogens (tertiary/aromatic N) is 2. The zero-order valence-corrected chi connectivity index (χ0v) is 16.0. The van der Waals surface area contributed by atoms with Crippen molar-refractivity contribution in [2.45, 2.75) is 13.8 Å². The second-order valence-corrected chi connectivity index (χ2v) is 6.12. The van der Waals surface area contributed by atoms with Crippen molar-refractivity contribution >= 4 is 23.4 Å². The van der Waals surface area contributed by atoms with E-state index in [2.05, 4.69) is 5.10 Å². The van der Waals surface area contributed by atoms with Crippen LogP contribution in [-0.2, 0) is 4.79 Å².